The van der Waals surface area contributed by atoms with Crippen LogP contribution in [0.5, 0.6) is 0 Å². The van der Waals surface area contributed by atoms with E-state index in [9.17, 15) is 32.9 Å². The molecule has 78 heavy (non-hydrogen) atoms. The third-order valence-corrected chi connectivity index (χ3v) is 18.4. The van der Waals surface area contributed by atoms with E-state index in [2.05, 4.69) is 0 Å². The highest BCUT2D eigenvalue weighted by Crippen LogP contribution is 2.48. The van der Waals surface area contributed by atoms with Crippen LogP contribution in [0.25, 0.3) is 100 Å². The van der Waals surface area contributed by atoms with Gasteiger partial charge in [-0.25, -0.2) is 4.98 Å². The van der Waals surface area contributed by atoms with Gasteiger partial charge in [0.1, 0.15) is 0 Å². The summed E-state index contributed by atoms with van der Waals surface area (Å²) in [6, 6.07) is -13.6. The van der Waals surface area contributed by atoms with Crippen LogP contribution in [-0.2, 0) is 5.41 Å². The van der Waals surface area contributed by atoms with E-state index in [1.165, 1.54) is 18.2 Å². The first-order valence-corrected chi connectivity index (χ1v) is 26.2. The predicted molar refractivity (Wildman–Crippen MR) is 326 cm³/mol. The van der Waals surface area contributed by atoms with Gasteiger partial charge in [-0.1, -0.05) is 250 Å². The normalized spacial score (nSPS) is 19.4. The Morgan fingerprint density at radius 3 is 1.59 bits per heavy atom. The highest BCUT2D eigenvalue weighted by molar-refractivity contribution is 7.20. The number of rotatable bonds is 9. The SMILES string of the molecule is [2H]c1c([2H])c([2H])c([Si](c2ccc3c(c2)C(C)(C)c2ccccc2-3)(c2c([2H])c([2H])c(-c3ccccc3)c([2H])c2[2H])c2c([2H])c([2H])c([2H])c(-c3nc(-c4c([2H])c([2H])c([2H])c([2H])c4-n4c5c([2H])c([2H])c([2H])c([2H])c5c5c([2H])c([2H])c([2H])c([2H])c54)nc(-n4c5c([2H])c([2H])c([2H])c([2H])c5c5c([2H])c([2H])c([2H])c([2H])c54)n3)c2[2H])c([2H])c1[2H]. The molecule has 0 radical (unpaired) electrons. The number of benzene rings is 11. The molecule has 0 saturated carbocycles. The smallest absolute Gasteiger partial charge is 0.238 e. The summed E-state index contributed by atoms with van der Waals surface area (Å²) in [4.78, 5) is 14.3. The standard InChI is InChI=1S/C72H51N5Si/c1-72(2)62-34-15-9-28-55(62)56-45-44-54(47-63(56)72)78(51-25-7-4-8-26-51,52-42-40-49(41-43-52)48-22-5-3-6-23-48)53-27-21-24-50(46-53)69-73-70(75-71(74-69)77-66-37-18-12-31-59(66)60-32-13-19-38-67(60)77)61-33-14-20-39-68(61)76-64-35-16-10-29-57(64)58-30-11-17-36-65(58)76/h3-47H,1-2H3/i4D,7D,8D,10D,11D,12D,13D,14D,16D,17D,18D,19D,20D,21D,24D,25D,26D,27D,29D,30D,31D,32D,33D,35D,36D,37D,38D,39D,40D,41D,42D,43D,46D. The Labute approximate surface area is 500 Å². The fourth-order valence-corrected chi connectivity index (χ4v) is 14.5. The van der Waals surface area contributed by atoms with Crippen LogP contribution in [0.3, 0.4) is 0 Å². The second-order valence-corrected chi connectivity index (χ2v) is 22.2. The molecular weight excluding hydrogens is 963 g/mol. The molecule has 15 rings (SSSR count). The molecule has 1 aliphatic carbocycles. The third kappa shape index (κ3) is 6.96. The van der Waals surface area contributed by atoms with Crippen molar-refractivity contribution in [2.45, 2.75) is 19.3 Å². The lowest BCUT2D eigenvalue weighted by Crippen LogP contribution is -2.74. The van der Waals surface area contributed by atoms with Gasteiger partial charge in [-0.2, -0.15) is 9.97 Å². The van der Waals surface area contributed by atoms with Crippen molar-refractivity contribution >= 4 is 72.4 Å². The van der Waals surface area contributed by atoms with Crippen LogP contribution < -0.4 is 20.7 Å². The third-order valence-electron chi connectivity index (χ3n) is 14.2. The van der Waals surface area contributed by atoms with Gasteiger partial charge in [0.05, 0.1) is 73.0 Å². The van der Waals surface area contributed by atoms with Crippen LogP contribution in [-0.4, -0.2) is 32.2 Å². The van der Waals surface area contributed by atoms with Crippen LogP contribution >= 0.6 is 0 Å². The molecule has 3 heterocycles. The molecule has 0 fully saturated rings. The zero-order valence-corrected chi connectivity index (χ0v) is 41.7. The Hall–Kier alpha value is -9.75. The molecule has 0 aliphatic heterocycles. The topological polar surface area (TPSA) is 48.5 Å². The lowest BCUT2D eigenvalue weighted by atomic mass is 9.82. The first-order valence-electron chi connectivity index (χ1n) is 40.7. The van der Waals surface area contributed by atoms with E-state index in [0.29, 0.717) is 25.8 Å². The Kier molecular flexibility index (Phi) is 5.35. The van der Waals surface area contributed by atoms with Gasteiger partial charge in [-0.3, -0.25) is 4.57 Å². The van der Waals surface area contributed by atoms with Crippen LogP contribution in [0.4, 0.5) is 0 Å². The fraction of sp³-hybridized carbons (Fsp3) is 0.0417. The highest BCUT2D eigenvalue weighted by atomic mass is 28.3. The molecule has 14 aromatic rings. The first-order chi connectivity index (χ1) is 52.2. The summed E-state index contributed by atoms with van der Waals surface area (Å²) in [6.07, 6.45) is 0. The van der Waals surface area contributed by atoms with Crippen LogP contribution in [0.15, 0.2) is 272 Å². The lowest BCUT2D eigenvalue weighted by molar-refractivity contribution is 0.661. The number of fused-ring (bicyclic) bond motifs is 9. The van der Waals surface area contributed by atoms with Gasteiger partial charge in [-0.05, 0) is 90.4 Å². The van der Waals surface area contributed by atoms with Gasteiger partial charge in [0.2, 0.25) is 5.95 Å². The summed E-state index contributed by atoms with van der Waals surface area (Å²) in [6.45, 7) is 3.70. The van der Waals surface area contributed by atoms with Gasteiger partial charge in [0.25, 0.3) is 0 Å². The molecule has 1 atom stereocenters. The molecule has 6 heteroatoms. The number of aromatic nitrogens is 5. The zero-order valence-electron chi connectivity index (χ0n) is 73.7. The van der Waals surface area contributed by atoms with Gasteiger partial charge in [0, 0.05) is 38.1 Å². The summed E-state index contributed by atoms with van der Waals surface area (Å²) in [5.41, 5.74) is -4.64. The minimum atomic E-state index is -6.06. The van der Waals surface area contributed by atoms with Crippen molar-refractivity contribution in [1.29, 1.82) is 0 Å². The van der Waals surface area contributed by atoms with Gasteiger partial charge < -0.3 is 4.57 Å². The van der Waals surface area contributed by atoms with Crippen molar-refractivity contribution in [2.24, 2.45) is 0 Å². The molecule has 3 aromatic heterocycles. The Balaban J connectivity index is 1.21. The maximum Gasteiger partial charge on any atom is 0.238 e. The second-order valence-electron chi connectivity index (χ2n) is 18.6. The number of nitrogens with zero attached hydrogens (tertiary/aromatic N) is 5. The Morgan fingerprint density at radius 1 is 0.372 bits per heavy atom. The molecule has 0 spiro atoms. The van der Waals surface area contributed by atoms with Crippen molar-refractivity contribution in [3.8, 4) is 56.7 Å². The van der Waals surface area contributed by atoms with E-state index in [4.69, 9.17) is 27.3 Å². The van der Waals surface area contributed by atoms with E-state index in [0.717, 1.165) is 5.56 Å². The van der Waals surface area contributed by atoms with Gasteiger partial charge in [0.15, 0.2) is 19.7 Å². The van der Waals surface area contributed by atoms with E-state index >= 15 is 0 Å². The molecule has 0 amide bonds. The van der Waals surface area contributed by atoms with Crippen LogP contribution in [0, 0.1) is 0 Å². The average molecular weight is 1050 g/mol. The number of para-hydroxylation sites is 5. The van der Waals surface area contributed by atoms with Crippen LogP contribution in [0.2, 0.25) is 0 Å². The van der Waals surface area contributed by atoms with Crippen molar-refractivity contribution < 1.29 is 45.2 Å². The van der Waals surface area contributed by atoms with Crippen LogP contribution in [0.1, 0.15) is 70.2 Å². The molecule has 1 unspecified atom stereocenters. The van der Waals surface area contributed by atoms with E-state index in [1.54, 1.807) is 42.5 Å². The van der Waals surface area contributed by atoms with Crippen molar-refractivity contribution in [3.63, 3.8) is 0 Å². The number of hydrogen-bond acceptors (Lipinski definition) is 3. The van der Waals surface area contributed by atoms with Crippen molar-refractivity contribution in [1.82, 2.24) is 24.1 Å². The average Bonchev–Trinajstić information content (AvgIpc) is 1.57. The van der Waals surface area contributed by atoms with Crippen molar-refractivity contribution in [2.75, 3.05) is 0 Å². The molecule has 11 aromatic carbocycles. The molecular formula is C72H51N5Si. The van der Waals surface area contributed by atoms with Gasteiger partial charge >= 0.3 is 0 Å². The molecule has 0 saturated heterocycles. The van der Waals surface area contributed by atoms with Crippen molar-refractivity contribution in [3.05, 3.63) is 283 Å². The minimum absolute atomic E-state index is 0.152. The van der Waals surface area contributed by atoms with E-state index in [1.807, 2.05) is 26.0 Å². The molecule has 1 aliphatic rings. The lowest BCUT2D eigenvalue weighted by Gasteiger charge is -2.36. The molecule has 0 bridgehead atoms. The maximum absolute atomic E-state index is 11.1. The minimum Gasteiger partial charge on any atom is -0.309 e. The monoisotopic (exact) mass is 1050 g/mol. The largest absolute Gasteiger partial charge is 0.309 e. The molecule has 368 valence electrons. The van der Waals surface area contributed by atoms with E-state index in [-0.39, 0.29) is 16.3 Å². The first kappa shape index (κ1) is 23.2. The maximum atomic E-state index is 11.1. The number of hydrogen-bond donors (Lipinski definition) is 0. The zero-order chi connectivity index (χ0) is 80.7. The molecule has 0 N–H and O–H groups in total. The summed E-state index contributed by atoms with van der Waals surface area (Å²) in [5, 5.41) is -5.08. The summed E-state index contributed by atoms with van der Waals surface area (Å²) >= 11 is 0. The Morgan fingerprint density at radius 2 is 0.910 bits per heavy atom. The summed E-state index contributed by atoms with van der Waals surface area (Å²) in [7, 11) is -6.06. The highest BCUT2D eigenvalue weighted by Gasteiger charge is 2.44. The molecule has 5 nitrogen and oxygen atoms in total. The Bertz CT molecular complexity index is 6470. The summed E-state index contributed by atoms with van der Waals surface area (Å²) in [5.74, 6) is -3.35. The van der Waals surface area contributed by atoms with Gasteiger partial charge in [-0.15, -0.1) is 0 Å². The predicted octanol–water partition coefficient (Wildman–Crippen LogP) is 14.8. The fourth-order valence-electron chi connectivity index (χ4n) is 10.7. The quantitative estimate of drug-likeness (QED) is 0.107. The second kappa shape index (κ2) is 17.9. The van der Waals surface area contributed by atoms with E-state index < -0.39 is 306 Å². The summed E-state index contributed by atoms with van der Waals surface area (Å²) < 4.78 is 318.